The highest BCUT2D eigenvalue weighted by molar-refractivity contribution is 5.86. The van der Waals surface area contributed by atoms with Gasteiger partial charge in [-0.15, -0.1) is 0 Å². The Kier molecular flexibility index (Phi) is 2.37. The van der Waals surface area contributed by atoms with E-state index < -0.39 is 18.1 Å². The smallest absolute Gasteiger partial charge is 0.376 e. The van der Waals surface area contributed by atoms with Crippen LogP contribution in [0.25, 0.3) is 0 Å². The first-order valence-corrected chi connectivity index (χ1v) is 2.98. The van der Waals surface area contributed by atoms with Gasteiger partial charge in [0.05, 0.1) is 7.11 Å². The summed E-state index contributed by atoms with van der Waals surface area (Å²) in [4.78, 5) is 10.6. The molecule has 1 heterocycles. The van der Waals surface area contributed by atoms with Gasteiger partial charge in [0.2, 0.25) is 5.76 Å². The van der Waals surface area contributed by atoms with Gasteiger partial charge >= 0.3 is 5.97 Å². The molecule has 0 unspecified atom stereocenters. The molecule has 0 N–H and O–H groups in total. The molecule has 0 saturated carbocycles. The molecule has 0 aromatic carbocycles. The topological polar surface area (TPSA) is 52.3 Å². The van der Waals surface area contributed by atoms with E-state index in [0.717, 1.165) is 13.2 Å². The lowest BCUT2D eigenvalue weighted by Crippen LogP contribution is -1.98. The molecule has 66 valence electrons. The Morgan fingerprint density at radius 2 is 2.42 bits per heavy atom. The number of hydrogen-bond donors (Lipinski definition) is 0. The highest BCUT2D eigenvalue weighted by Crippen LogP contribution is 2.18. The van der Waals surface area contributed by atoms with Crippen LogP contribution in [0.1, 0.15) is 22.7 Å². The zero-order chi connectivity index (χ0) is 9.14. The molecule has 0 aliphatic heterocycles. The Hall–Kier alpha value is -1.46. The summed E-state index contributed by atoms with van der Waals surface area (Å²) in [6.45, 7) is 0. The van der Waals surface area contributed by atoms with E-state index in [2.05, 4.69) is 14.4 Å². The van der Waals surface area contributed by atoms with Gasteiger partial charge in [0.15, 0.2) is 5.69 Å². The van der Waals surface area contributed by atoms with Crippen LogP contribution in [0.5, 0.6) is 0 Å². The number of nitrogens with zero attached hydrogens (tertiary/aromatic N) is 1. The van der Waals surface area contributed by atoms with Crippen molar-refractivity contribution in [2.45, 2.75) is 6.43 Å². The van der Waals surface area contributed by atoms with Gasteiger partial charge in [-0.1, -0.05) is 5.16 Å². The number of carbonyl (C=O) groups is 1. The van der Waals surface area contributed by atoms with E-state index in [-0.39, 0.29) is 5.76 Å². The Morgan fingerprint density at radius 3 is 2.83 bits per heavy atom. The minimum Gasteiger partial charge on any atom is -0.463 e. The second-order valence-corrected chi connectivity index (χ2v) is 1.91. The third-order valence-corrected chi connectivity index (χ3v) is 1.14. The van der Waals surface area contributed by atoms with E-state index >= 15 is 0 Å². The predicted octanol–water partition coefficient (Wildman–Crippen LogP) is 1.40. The highest BCUT2D eigenvalue weighted by Gasteiger charge is 2.18. The van der Waals surface area contributed by atoms with Gasteiger partial charge in [-0.3, -0.25) is 0 Å². The average molecular weight is 177 g/mol. The van der Waals surface area contributed by atoms with Gasteiger partial charge in [0.25, 0.3) is 6.43 Å². The lowest BCUT2D eigenvalue weighted by molar-refractivity contribution is 0.0553. The lowest BCUT2D eigenvalue weighted by Gasteiger charge is -1.88. The minimum absolute atomic E-state index is 0.326. The summed E-state index contributed by atoms with van der Waals surface area (Å²) in [6.07, 6.45) is -2.74. The minimum atomic E-state index is -2.74. The fourth-order valence-electron chi connectivity index (χ4n) is 0.589. The maximum atomic E-state index is 11.9. The van der Waals surface area contributed by atoms with Crippen molar-refractivity contribution in [1.29, 1.82) is 0 Å². The Bertz CT molecular complexity index is 284. The number of halogens is 2. The Labute approximate surface area is 66.1 Å². The van der Waals surface area contributed by atoms with Crippen molar-refractivity contribution >= 4 is 5.97 Å². The van der Waals surface area contributed by atoms with E-state index in [4.69, 9.17) is 0 Å². The molecule has 6 heteroatoms. The molecule has 0 aliphatic rings. The van der Waals surface area contributed by atoms with Crippen molar-refractivity contribution < 1.29 is 22.8 Å². The van der Waals surface area contributed by atoms with E-state index in [0.29, 0.717) is 0 Å². The second kappa shape index (κ2) is 3.29. The van der Waals surface area contributed by atoms with E-state index in [1.807, 2.05) is 0 Å². The summed E-state index contributed by atoms with van der Waals surface area (Å²) in [5, 5.41) is 2.96. The van der Waals surface area contributed by atoms with Crippen LogP contribution in [-0.4, -0.2) is 18.2 Å². The van der Waals surface area contributed by atoms with Crippen LogP contribution in [-0.2, 0) is 4.74 Å². The summed E-state index contributed by atoms with van der Waals surface area (Å²) < 4.78 is 32.2. The van der Waals surface area contributed by atoms with Crippen LogP contribution in [0.15, 0.2) is 10.6 Å². The van der Waals surface area contributed by atoms with Gasteiger partial charge in [-0.25, -0.2) is 13.6 Å². The maximum absolute atomic E-state index is 11.9. The predicted molar refractivity (Wildman–Crippen MR) is 32.8 cm³/mol. The van der Waals surface area contributed by atoms with Crippen LogP contribution in [0.4, 0.5) is 8.78 Å². The number of aromatic nitrogens is 1. The van der Waals surface area contributed by atoms with Crippen molar-refractivity contribution in [3.05, 3.63) is 17.5 Å². The molecule has 0 fully saturated rings. The second-order valence-electron chi connectivity index (χ2n) is 1.91. The molecule has 0 amide bonds. The molecule has 0 bridgehead atoms. The summed E-state index contributed by atoms with van der Waals surface area (Å²) >= 11 is 0. The summed E-state index contributed by atoms with van der Waals surface area (Å²) in [7, 11) is 1.12. The number of rotatable bonds is 2. The molecule has 1 aromatic heterocycles. The zero-order valence-corrected chi connectivity index (χ0v) is 6.08. The standard InChI is InChI=1S/C6H5F2NO3/c1-11-6(10)4-2-3(5(7)8)9-12-4/h2,5H,1H3. The monoisotopic (exact) mass is 177 g/mol. The fourth-order valence-corrected chi connectivity index (χ4v) is 0.589. The average Bonchev–Trinajstić information content (AvgIpc) is 2.51. The van der Waals surface area contributed by atoms with Gasteiger partial charge in [0, 0.05) is 6.07 Å². The molecule has 0 radical (unpaired) electrons. The quantitative estimate of drug-likeness (QED) is 0.640. The molecule has 1 rings (SSSR count). The molecule has 0 saturated heterocycles. The van der Waals surface area contributed by atoms with Gasteiger partial charge in [-0.2, -0.15) is 0 Å². The molecule has 12 heavy (non-hydrogen) atoms. The molecule has 0 spiro atoms. The van der Waals surface area contributed by atoms with Crippen LogP contribution < -0.4 is 0 Å². The number of alkyl halides is 2. The molecular formula is C6H5F2NO3. The van der Waals surface area contributed by atoms with Gasteiger partial charge < -0.3 is 9.26 Å². The third-order valence-electron chi connectivity index (χ3n) is 1.14. The fraction of sp³-hybridized carbons (Fsp3) is 0.333. The summed E-state index contributed by atoms with van der Waals surface area (Å²) in [6, 6.07) is 0.844. The number of esters is 1. The molecule has 4 nitrogen and oxygen atoms in total. The summed E-state index contributed by atoms with van der Waals surface area (Å²) in [5.74, 6) is -1.15. The van der Waals surface area contributed by atoms with E-state index in [1.54, 1.807) is 0 Å². The number of methoxy groups -OCH3 is 1. The first kappa shape index (κ1) is 8.63. The van der Waals surface area contributed by atoms with Crippen molar-refractivity contribution in [2.75, 3.05) is 7.11 Å². The maximum Gasteiger partial charge on any atom is 0.376 e. The SMILES string of the molecule is COC(=O)c1cc(C(F)F)no1. The van der Waals surface area contributed by atoms with Crippen molar-refractivity contribution in [1.82, 2.24) is 5.16 Å². The zero-order valence-electron chi connectivity index (χ0n) is 6.08. The molecular weight excluding hydrogens is 172 g/mol. The van der Waals surface area contributed by atoms with Crippen LogP contribution in [0.2, 0.25) is 0 Å². The van der Waals surface area contributed by atoms with E-state index in [9.17, 15) is 13.6 Å². The molecule has 0 atom stereocenters. The highest BCUT2D eigenvalue weighted by atomic mass is 19.3. The Morgan fingerprint density at radius 1 is 1.75 bits per heavy atom. The van der Waals surface area contributed by atoms with Crippen molar-refractivity contribution in [3.8, 4) is 0 Å². The molecule has 1 aromatic rings. The van der Waals surface area contributed by atoms with Crippen LogP contribution in [0, 0.1) is 0 Å². The number of carbonyl (C=O) groups excluding carboxylic acids is 1. The summed E-state index contributed by atoms with van der Waals surface area (Å²) in [5.41, 5.74) is -0.574. The van der Waals surface area contributed by atoms with Gasteiger partial charge in [0.1, 0.15) is 0 Å². The molecule has 0 aliphatic carbocycles. The first-order valence-electron chi connectivity index (χ1n) is 2.98. The van der Waals surface area contributed by atoms with Crippen LogP contribution >= 0.6 is 0 Å². The number of ether oxygens (including phenoxy) is 1. The largest absolute Gasteiger partial charge is 0.463 e. The normalized spacial score (nSPS) is 10.3. The van der Waals surface area contributed by atoms with E-state index in [1.165, 1.54) is 0 Å². The lowest BCUT2D eigenvalue weighted by atomic mass is 10.4. The third kappa shape index (κ3) is 1.58. The Balaban J connectivity index is 2.84. The van der Waals surface area contributed by atoms with Crippen LogP contribution in [0.3, 0.4) is 0 Å². The van der Waals surface area contributed by atoms with Crippen molar-refractivity contribution in [2.24, 2.45) is 0 Å². The van der Waals surface area contributed by atoms with Crippen molar-refractivity contribution in [3.63, 3.8) is 0 Å². The number of hydrogen-bond acceptors (Lipinski definition) is 4. The van der Waals surface area contributed by atoms with Gasteiger partial charge in [-0.05, 0) is 0 Å². The first-order chi connectivity index (χ1) is 5.65.